The van der Waals surface area contributed by atoms with Crippen molar-refractivity contribution in [3.05, 3.63) is 46.8 Å². The SMILES string of the molecule is [C-]#[N+]c1ccc2c3c1O[C@H]1[C@@H](O)C=C[C@H]4[C@@H](C2)N(C)CC[C@@]341. The van der Waals surface area contributed by atoms with Gasteiger partial charge in [-0.1, -0.05) is 24.3 Å². The lowest BCUT2D eigenvalue weighted by atomic mass is 9.53. The molecule has 22 heavy (non-hydrogen) atoms. The summed E-state index contributed by atoms with van der Waals surface area (Å²) in [6.07, 6.45) is 5.26. The molecule has 1 saturated heterocycles. The number of piperidine rings is 1. The summed E-state index contributed by atoms with van der Waals surface area (Å²) in [6, 6.07) is 4.44. The first-order valence-corrected chi connectivity index (χ1v) is 7.94. The Labute approximate surface area is 129 Å². The summed E-state index contributed by atoms with van der Waals surface area (Å²) in [7, 11) is 2.20. The molecule has 0 unspecified atom stereocenters. The third-order valence-electron chi connectivity index (χ3n) is 6.27. The normalized spacial score (nSPS) is 40.8. The monoisotopic (exact) mass is 294 g/mol. The van der Waals surface area contributed by atoms with E-state index in [4.69, 9.17) is 11.3 Å². The average Bonchev–Trinajstić information content (AvgIpc) is 2.88. The summed E-state index contributed by atoms with van der Waals surface area (Å²) >= 11 is 0. The third kappa shape index (κ3) is 1.22. The minimum Gasteiger partial charge on any atom is -0.497 e. The molecule has 2 aliphatic heterocycles. The molecule has 2 heterocycles. The zero-order valence-corrected chi connectivity index (χ0v) is 12.5. The molecular formula is C18H18N2O2. The fraction of sp³-hybridized carbons (Fsp3) is 0.500. The predicted octanol–water partition coefficient (Wildman–Crippen LogP) is 2.04. The quantitative estimate of drug-likeness (QED) is 0.588. The summed E-state index contributed by atoms with van der Waals surface area (Å²) in [4.78, 5) is 6.09. The molecule has 1 N–H and O–H groups in total. The van der Waals surface area contributed by atoms with Gasteiger partial charge in [0.2, 0.25) is 5.69 Å². The van der Waals surface area contributed by atoms with Gasteiger partial charge in [0.05, 0.1) is 6.57 Å². The number of likely N-dealkylation sites (tertiary alicyclic amines) is 1. The first kappa shape index (κ1) is 12.7. The molecule has 0 aromatic heterocycles. The van der Waals surface area contributed by atoms with Gasteiger partial charge >= 0.3 is 0 Å². The van der Waals surface area contributed by atoms with Crippen LogP contribution in [0.2, 0.25) is 0 Å². The zero-order chi connectivity index (χ0) is 15.1. The van der Waals surface area contributed by atoms with Crippen LogP contribution in [0.5, 0.6) is 5.75 Å². The smallest absolute Gasteiger partial charge is 0.228 e. The second-order valence-electron chi connectivity index (χ2n) is 7.04. The number of benzene rings is 1. The maximum Gasteiger partial charge on any atom is 0.228 e. The number of ether oxygens (including phenoxy) is 1. The van der Waals surface area contributed by atoms with Gasteiger partial charge in [-0.25, -0.2) is 4.85 Å². The van der Waals surface area contributed by atoms with E-state index in [2.05, 4.69) is 28.9 Å². The largest absolute Gasteiger partial charge is 0.497 e. The van der Waals surface area contributed by atoms with Crippen LogP contribution in [0.1, 0.15) is 17.5 Å². The van der Waals surface area contributed by atoms with Crippen molar-refractivity contribution in [3.63, 3.8) is 0 Å². The van der Waals surface area contributed by atoms with Crippen molar-refractivity contribution in [1.82, 2.24) is 4.90 Å². The Morgan fingerprint density at radius 1 is 1.41 bits per heavy atom. The summed E-state index contributed by atoms with van der Waals surface area (Å²) in [5.74, 6) is 1.11. The van der Waals surface area contributed by atoms with Crippen molar-refractivity contribution in [2.24, 2.45) is 5.92 Å². The highest BCUT2D eigenvalue weighted by Gasteiger charge is 2.63. The summed E-state index contributed by atoms with van der Waals surface area (Å²) in [6.45, 7) is 8.44. The lowest BCUT2D eigenvalue weighted by Crippen LogP contribution is -2.64. The van der Waals surface area contributed by atoms with E-state index in [1.54, 1.807) is 0 Å². The number of hydrogen-bond donors (Lipinski definition) is 1. The van der Waals surface area contributed by atoms with Crippen molar-refractivity contribution in [2.45, 2.75) is 36.5 Å². The fourth-order valence-electron chi connectivity index (χ4n) is 5.33. The van der Waals surface area contributed by atoms with Crippen LogP contribution in [0.25, 0.3) is 4.85 Å². The Morgan fingerprint density at radius 2 is 2.27 bits per heavy atom. The molecular weight excluding hydrogens is 276 g/mol. The molecule has 0 saturated carbocycles. The van der Waals surface area contributed by atoms with Crippen LogP contribution in [-0.2, 0) is 11.8 Å². The van der Waals surface area contributed by atoms with Crippen molar-refractivity contribution >= 4 is 5.69 Å². The van der Waals surface area contributed by atoms with Crippen molar-refractivity contribution < 1.29 is 9.84 Å². The molecule has 0 radical (unpaired) electrons. The maximum absolute atomic E-state index is 10.5. The average molecular weight is 294 g/mol. The predicted molar refractivity (Wildman–Crippen MR) is 82.2 cm³/mol. The second-order valence-corrected chi connectivity index (χ2v) is 7.04. The van der Waals surface area contributed by atoms with Gasteiger partial charge in [0.25, 0.3) is 0 Å². The van der Waals surface area contributed by atoms with Gasteiger partial charge in [0, 0.05) is 17.4 Å². The van der Waals surface area contributed by atoms with E-state index in [0.29, 0.717) is 17.6 Å². The van der Waals surface area contributed by atoms with Gasteiger partial charge in [-0.15, -0.1) is 0 Å². The zero-order valence-electron chi connectivity index (χ0n) is 12.5. The van der Waals surface area contributed by atoms with Crippen LogP contribution in [0, 0.1) is 12.5 Å². The minimum atomic E-state index is -0.586. The van der Waals surface area contributed by atoms with Crippen molar-refractivity contribution in [1.29, 1.82) is 0 Å². The van der Waals surface area contributed by atoms with Crippen molar-refractivity contribution in [2.75, 3.05) is 13.6 Å². The highest BCUT2D eigenvalue weighted by atomic mass is 16.5. The van der Waals surface area contributed by atoms with Crippen LogP contribution < -0.4 is 4.74 Å². The van der Waals surface area contributed by atoms with Crippen molar-refractivity contribution in [3.8, 4) is 5.75 Å². The van der Waals surface area contributed by atoms with Crippen LogP contribution in [0.15, 0.2) is 24.3 Å². The topological polar surface area (TPSA) is 37.1 Å². The molecule has 2 bridgehead atoms. The van der Waals surface area contributed by atoms with E-state index in [9.17, 15) is 5.11 Å². The Bertz CT molecular complexity index is 750. The molecule has 0 amide bonds. The molecule has 1 fully saturated rings. The number of hydrogen-bond acceptors (Lipinski definition) is 3. The lowest BCUT2D eigenvalue weighted by Gasteiger charge is -2.56. The van der Waals surface area contributed by atoms with E-state index >= 15 is 0 Å². The van der Waals surface area contributed by atoms with E-state index in [-0.39, 0.29) is 11.5 Å². The van der Waals surface area contributed by atoms with Gasteiger partial charge in [0.1, 0.15) is 18.0 Å². The van der Waals surface area contributed by atoms with Crippen LogP contribution >= 0.6 is 0 Å². The van der Waals surface area contributed by atoms with Crippen LogP contribution in [0.4, 0.5) is 5.69 Å². The molecule has 4 heteroatoms. The van der Waals surface area contributed by atoms with Gasteiger partial charge in [-0.05, 0) is 37.6 Å². The lowest BCUT2D eigenvalue weighted by molar-refractivity contribution is -0.0449. The summed E-state index contributed by atoms with van der Waals surface area (Å²) in [5.41, 5.74) is 2.98. The highest BCUT2D eigenvalue weighted by Crippen LogP contribution is 2.62. The molecule has 1 spiro atoms. The first-order valence-electron chi connectivity index (χ1n) is 7.94. The molecule has 5 atom stereocenters. The van der Waals surface area contributed by atoms with Gasteiger partial charge < -0.3 is 14.7 Å². The Balaban J connectivity index is 1.85. The van der Waals surface area contributed by atoms with Gasteiger partial charge in [-0.2, -0.15) is 0 Å². The number of rotatable bonds is 0. The summed E-state index contributed by atoms with van der Waals surface area (Å²) in [5, 5.41) is 10.5. The molecule has 5 rings (SSSR count). The molecule has 4 aliphatic rings. The molecule has 4 nitrogen and oxygen atoms in total. The van der Waals surface area contributed by atoms with Crippen LogP contribution in [-0.4, -0.2) is 41.8 Å². The Morgan fingerprint density at radius 3 is 3.09 bits per heavy atom. The van der Waals surface area contributed by atoms with Crippen LogP contribution in [0.3, 0.4) is 0 Å². The summed E-state index contributed by atoms with van der Waals surface area (Å²) < 4.78 is 6.21. The number of likely N-dealkylation sites (N-methyl/N-ethyl adjacent to an activating group) is 1. The maximum atomic E-state index is 10.5. The first-order chi connectivity index (χ1) is 10.7. The molecule has 1 aromatic rings. The Hall–Kier alpha value is -1.83. The molecule has 1 aromatic carbocycles. The highest BCUT2D eigenvalue weighted by molar-refractivity contribution is 5.69. The Kier molecular flexibility index (Phi) is 2.26. The van der Waals surface area contributed by atoms with E-state index in [1.165, 1.54) is 11.1 Å². The van der Waals surface area contributed by atoms with Gasteiger partial charge in [-0.3, -0.25) is 0 Å². The standard InChI is InChI=1S/C18H18N2O2/c1-19-12-5-3-10-9-13-11-4-6-14(21)17-18(11,7-8-20(13)2)15(10)16(12)22-17/h3-6,11,13-14,17,21H,7-9H2,2H3/t11-,13+,14-,17-,18-/m0/s1. The third-order valence-corrected chi connectivity index (χ3v) is 6.27. The minimum absolute atomic E-state index is 0.144. The number of nitrogens with zero attached hydrogens (tertiary/aromatic N) is 2. The molecule has 112 valence electrons. The van der Waals surface area contributed by atoms with E-state index < -0.39 is 6.10 Å². The molecule has 2 aliphatic carbocycles. The fourth-order valence-corrected chi connectivity index (χ4v) is 5.33. The van der Waals surface area contributed by atoms with E-state index in [1.807, 2.05) is 12.1 Å². The number of aliphatic hydroxyl groups excluding tert-OH is 1. The second kappa shape index (κ2) is 3.92. The number of aliphatic hydroxyl groups is 1. The van der Waals surface area contributed by atoms with Gasteiger partial charge in [0.15, 0.2) is 0 Å². The van der Waals surface area contributed by atoms with E-state index in [0.717, 1.165) is 25.1 Å².